The Morgan fingerprint density at radius 1 is 1.27 bits per heavy atom. The number of H-pyrrole nitrogens is 1. The smallest absolute Gasteiger partial charge is 0.272 e. The maximum atomic E-state index is 12.6. The van der Waals surface area contributed by atoms with Gasteiger partial charge in [0.05, 0.1) is 10.4 Å². The number of carbonyl (C=O) groups is 1. The number of carbonyl (C=O) groups excluding carboxylic acids is 1. The van der Waals surface area contributed by atoms with Crippen LogP contribution in [0.3, 0.4) is 0 Å². The molecule has 0 saturated carbocycles. The molecule has 0 fully saturated rings. The summed E-state index contributed by atoms with van der Waals surface area (Å²) in [4.78, 5) is 23.1. The normalized spacial score (nSPS) is 11.5. The van der Waals surface area contributed by atoms with Crippen molar-refractivity contribution in [1.29, 1.82) is 0 Å². The molecule has 1 aromatic heterocycles. The Morgan fingerprint density at radius 3 is 2.73 bits per heavy atom. The molecule has 0 atom stereocenters. The van der Waals surface area contributed by atoms with Crippen molar-refractivity contribution in [2.24, 2.45) is 0 Å². The Morgan fingerprint density at radius 2 is 2.04 bits per heavy atom. The number of rotatable bonds is 5. The van der Waals surface area contributed by atoms with Gasteiger partial charge < -0.3 is 5.32 Å². The first-order valence-electron chi connectivity index (χ1n) is 8.26. The molecule has 7 nitrogen and oxygen atoms in total. The highest BCUT2D eigenvalue weighted by Gasteiger charge is 2.23. The van der Waals surface area contributed by atoms with Crippen LogP contribution in [0.2, 0.25) is 0 Å². The Balaban J connectivity index is 1.81. The molecule has 2 N–H and O–H groups in total. The first-order chi connectivity index (χ1) is 12.3. The van der Waals surface area contributed by atoms with Gasteiger partial charge in [-0.25, -0.2) is 0 Å². The summed E-state index contributed by atoms with van der Waals surface area (Å²) in [5.41, 5.74) is 2.68. The van der Waals surface area contributed by atoms with Gasteiger partial charge in [0.15, 0.2) is 5.69 Å². The maximum Gasteiger partial charge on any atom is 0.272 e. The van der Waals surface area contributed by atoms with Crippen LogP contribution in [-0.2, 0) is 5.41 Å². The average Bonchev–Trinajstić information content (AvgIpc) is 3.03. The lowest BCUT2D eigenvalue weighted by Crippen LogP contribution is -2.37. The molecule has 0 aliphatic carbocycles. The number of hydrogen-bond donors (Lipinski definition) is 2. The van der Waals surface area contributed by atoms with Crippen molar-refractivity contribution >= 4 is 22.5 Å². The van der Waals surface area contributed by atoms with Crippen LogP contribution >= 0.6 is 0 Å². The predicted octanol–water partition coefficient (Wildman–Crippen LogP) is 3.49. The highest BCUT2D eigenvalue weighted by Crippen LogP contribution is 2.24. The molecule has 7 heteroatoms. The van der Waals surface area contributed by atoms with Crippen molar-refractivity contribution in [3.8, 4) is 0 Å². The van der Waals surface area contributed by atoms with E-state index in [1.807, 2.05) is 25.1 Å². The zero-order chi connectivity index (χ0) is 18.9. The van der Waals surface area contributed by atoms with E-state index in [2.05, 4.69) is 35.4 Å². The van der Waals surface area contributed by atoms with Crippen LogP contribution < -0.4 is 5.32 Å². The van der Waals surface area contributed by atoms with E-state index in [0.717, 1.165) is 11.1 Å². The van der Waals surface area contributed by atoms with Gasteiger partial charge in [-0.3, -0.25) is 20.0 Å². The lowest BCUT2D eigenvalue weighted by molar-refractivity contribution is -0.384. The van der Waals surface area contributed by atoms with Crippen LogP contribution in [0.15, 0.2) is 42.5 Å². The van der Waals surface area contributed by atoms with Gasteiger partial charge in [-0.2, -0.15) is 5.10 Å². The molecule has 3 aromatic rings. The molecule has 0 aliphatic heterocycles. The second-order valence-electron chi connectivity index (χ2n) is 7.00. The second-order valence-corrected chi connectivity index (χ2v) is 7.00. The van der Waals surface area contributed by atoms with E-state index in [-0.39, 0.29) is 22.7 Å². The standard InChI is InChI=1S/C19H20N4O3/c1-12-5-4-6-13(9-12)19(2,3)11-20-18(24)17-15-10-14(23(25)26)7-8-16(15)21-22-17/h4-10H,11H2,1-3H3,(H,20,24)(H,21,22). The van der Waals surface area contributed by atoms with Crippen molar-refractivity contribution < 1.29 is 9.72 Å². The summed E-state index contributed by atoms with van der Waals surface area (Å²) in [5.74, 6) is -0.363. The van der Waals surface area contributed by atoms with Crippen LogP contribution in [-0.4, -0.2) is 27.6 Å². The third-order valence-corrected chi connectivity index (χ3v) is 4.46. The van der Waals surface area contributed by atoms with E-state index in [4.69, 9.17) is 0 Å². The topological polar surface area (TPSA) is 101 Å². The van der Waals surface area contributed by atoms with Crippen molar-refractivity contribution in [3.05, 3.63) is 69.4 Å². The number of nitro groups is 1. The molecule has 3 rings (SSSR count). The van der Waals surface area contributed by atoms with Gasteiger partial charge in [-0.05, 0) is 18.6 Å². The number of aryl methyl sites for hydroxylation is 1. The third-order valence-electron chi connectivity index (χ3n) is 4.46. The van der Waals surface area contributed by atoms with Crippen LogP contribution in [0.5, 0.6) is 0 Å². The molecule has 1 amide bonds. The molecule has 134 valence electrons. The predicted molar refractivity (Wildman–Crippen MR) is 99.3 cm³/mol. The summed E-state index contributed by atoms with van der Waals surface area (Å²) in [6, 6.07) is 12.4. The van der Waals surface area contributed by atoms with E-state index in [1.165, 1.54) is 12.1 Å². The van der Waals surface area contributed by atoms with E-state index >= 15 is 0 Å². The van der Waals surface area contributed by atoms with Crippen molar-refractivity contribution in [2.45, 2.75) is 26.2 Å². The fourth-order valence-corrected chi connectivity index (χ4v) is 2.84. The second kappa shape index (κ2) is 6.59. The van der Waals surface area contributed by atoms with Gasteiger partial charge in [0.1, 0.15) is 0 Å². The fraction of sp³-hybridized carbons (Fsp3) is 0.263. The molecule has 0 aliphatic rings. The summed E-state index contributed by atoms with van der Waals surface area (Å²) in [7, 11) is 0. The molecule has 26 heavy (non-hydrogen) atoms. The summed E-state index contributed by atoms with van der Waals surface area (Å²) >= 11 is 0. The van der Waals surface area contributed by atoms with Gasteiger partial charge in [0.25, 0.3) is 11.6 Å². The number of amides is 1. The number of hydrogen-bond acceptors (Lipinski definition) is 4. The molecule has 0 unspecified atom stereocenters. The molecule has 0 radical (unpaired) electrons. The summed E-state index contributed by atoms with van der Waals surface area (Å²) in [6.45, 7) is 6.55. The van der Waals surface area contributed by atoms with E-state index < -0.39 is 4.92 Å². The monoisotopic (exact) mass is 352 g/mol. The Bertz CT molecular complexity index is 991. The number of aromatic amines is 1. The van der Waals surface area contributed by atoms with E-state index in [0.29, 0.717) is 17.4 Å². The molecule has 0 bridgehead atoms. The molecule has 0 spiro atoms. The third kappa shape index (κ3) is 3.42. The molecular weight excluding hydrogens is 332 g/mol. The summed E-state index contributed by atoms with van der Waals surface area (Å²) < 4.78 is 0. The van der Waals surface area contributed by atoms with Gasteiger partial charge in [0, 0.05) is 29.5 Å². The van der Waals surface area contributed by atoms with Crippen molar-refractivity contribution in [2.75, 3.05) is 6.54 Å². The van der Waals surface area contributed by atoms with Crippen LogP contribution in [0.4, 0.5) is 5.69 Å². The zero-order valence-corrected chi connectivity index (χ0v) is 14.9. The van der Waals surface area contributed by atoms with Crippen molar-refractivity contribution in [1.82, 2.24) is 15.5 Å². The number of nitrogens with zero attached hydrogens (tertiary/aromatic N) is 2. The number of nitro benzene ring substituents is 1. The molecule has 0 saturated heterocycles. The number of non-ortho nitro benzene ring substituents is 1. The maximum absolute atomic E-state index is 12.6. The van der Waals surface area contributed by atoms with Crippen LogP contribution in [0.1, 0.15) is 35.5 Å². The molecule has 2 aromatic carbocycles. The fourth-order valence-electron chi connectivity index (χ4n) is 2.84. The first kappa shape index (κ1) is 17.6. The largest absolute Gasteiger partial charge is 0.350 e. The number of benzene rings is 2. The van der Waals surface area contributed by atoms with Gasteiger partial charge >= 0.3 is 0 Å². The number of nitrogens with one attached hydrogen (secondary N) is 2. The minimum Gasteiger partial charge on any atom is -0.350 e. The lowest BCUT2D eigenvalue weighted by Gasteiger charge is -2.26. The number of fused-ring (bicyclic) bond motifs is 1. The summed E-state index contributed by atoms with van der Waals surface area (Å²) in [5, 5.41) is 21.1. The Hall–Kier alpha value is -3.22. The first-order valence-corrected chi connectivity index (χ1v) is 8.26. The van der Waals surface area contributed by atoms with Crippen LogP contribution in [0, 0.1) is 17.0 Å². The van der Waals surface area contributed by atoms with E-state index in [9.17, 15) is 14.9 Å². The Labute approximate surface area is 150 Å². The van der Waals surface area contributed by atoms with Gasteiger partial charge in [0.2, 0.25) is 0 Å². The molecule has 1 heterocycles. The van der Waals surface area contributed by atoms with Crippen molar-refractivity contribution in [3.63, 3.8) is 0 Å². The quantitative estimate of drug-likeness (QED) is 0.542. The lowest BCUT2D eigenvalue weighted by atomic mass is 9.84. The van der Waals surface area contributed by atoms with E-state index in [1.54, 1.807) is 6.07 Å². The minimum absolute atomic E-state index is 0.0759. The van der Waals surface area contributed by atoms with Gasteiger partial charge in [-0.15, -0.1) is 0 Å². The van der Waals surface area contributed by atoms with Gasteiger partial charge in [-0.1, -0.05) is 43.7 Å². The zero-order valence-electron chi connectivity index (χ0n) is 14.9. The Kier molecular flexibility index (Phi) is 4.46. The minimum atomic E-state index is -0.491. The average molecular weight is 352 g/mol. The molecular formula is C19H20N4O3. The van der Waals surface area contributed by atoms with Crippen LogP contribution in [0.25, 0.3) is 10.9 Å². The number of aromatic nitrogens is 2. The summed E-state index contributed by atoms with van der Waals surface area (Å²) in [6.07, 6.45) is 0. The SMILES string of the molecule is Cc1cccc(C(C)(C)CNC(=O)c2n[nH]c3ccc([N+](=O)[O-])cc23)c1. The highest BCUT2D eigenvalue weighted by molar-refractivity contribution is 6.05. The highest BCUT2D eigenvalue weighted by atomic mass is 16.6.